The lowest BCUT2D eigenvalue weighted by atomic mass is 10.1. The highest BCUT2D eigenvalue weighted by atomic mass is 19.1. The van der Waals surface area contributed by atoms with Crippen molar-refractivity contribution in [1.82, 2.24) is 9.88 Å². The maximum atomic E-state index is 13.1. The lowest BCUT2D eigenvalue weighted by Crippen LogP contribution is -2.31. The molecule has 0 N–H and O–H groups in total. The molecular weight excluding hydrogens is 317 g/mol. The highest BCUT2D eigenvalue weighted by molar-refractivity contribution is 5.46. The van der Waals surface area contributed by atoms with E-state index in [0.29, 0.717) is 0 Å². The topological polar surface area (TPSA) is 28.6 Å². The summed E-state index contributed by atoms with van der Waals surface area (Å²) < 4.78 is 18.6. The van der Waals surface area contributed by atoms with Crippen LogP contribution in [0.4, 0.5) is 10.1 Å². The van der Waals surface area contributed by atoms with Crippen molar-refractivity contribution in [2.45, 2.75) is 26.8 Å². The SMILES string of the molecule is COc1c(C)cnc(CN2CCCN(c3ccc(F)cc3)CC2)c1C. The van der Waals surface area contributed by atoms with Crippen LogP contribution in [0.15, 0.2) is 30.5 Å². The molecule has 5 heteroatoms. The molecule has 0 aliphatic carbocycles. The van der Waals surface area contributed by atoms with Crippen LogP contribution in [0.5, 0.6) is 5.75 Å². The number of halogens is 1. The highest BCUT2D eigenvalue weighted by Gasteiger charge is 2.18. The minimum Gasteiger partial charge on any atom is -0.496 e. The summed E-state index contributed by atoms with van der Waals surface area (Å²) in [5.74, 6) is 0.753. The van der Waals surface area contributed by atoms with E-state index in [4.69, 9.17) is 4.74 Å². The molecule has 134 valence electrons. The summed E-state index contributed by atoms with van der Waals surface area (Å²) in [6, 6.07) is 6.79. The van der Waals surface area contributed by atoms with Gasteiger partial charge in [-0.2, -0.15) is 0 Å². The maximum Gasteiger partial charge on any atom is 0.128 e. The lowest BCUT2D eigenvalue weighted by molar-refractivity contribution is 0.280. The van der Waals surface area contributed by atoms with E-state index in [2.05, 4.69) is 21.7 Å². The normalized spacial score (nSPS) is 15.9. The average molecular weight is 343 g/mol. The molecular formula is C20H26FN3O. The van der Waals surface area contributed by atoms with Crippen molar-refractivity contribution in [2.24, 2.45) is 0 Å². The Morgan fingerprint density at radius 2 is 1.84 bits per heavy atom. The minimum atomic E-state index is -0.185. The maximum absolute atomic E-state index is 13.1. The summed E-state index contributed by atoms with van der Waals surface area (Å²) in [6.45, 7) is 8.87. The predicted octanol–water partition coefficient (Wildman–Crippen LogP) is 3.56. The molecule has 1 aliphatic rings. The Hall–Kier alpha value is -2.14. The molecule has 1 aromatic carbocycles. The van der Waals surface area contributed by atoms with Gasteiger partial charge in [0, 0.05) is 55.7 Å². The van der Waals surface area contributed by atoms with E-state index in [0.717, 1.165) is 67.4 Å². The Morgan fingerprint density at radius 1 is 1.08 bits per heavy atom. The van der Waals surface area contributed by atoms with Gasteiger partial charge in [0.1, 0.15) is 11.6 Å². The van der Waals surface area contributed by atoms with Gasteiger partial charge < -0.3 is 9.64 Å². The van der Waals surface area contributed by atoms with Gasteiger partial charge in [0.25, 0.3) is 0 Å². The molecule has 2 heterocycles. The van der Waals surface area contributed by atoms with Crippen LogP contribution in [-0.2, 0) is 6.54 Å². The van der Waals surface area contributed by atoms with Gasteiger partial charge in [0.15, 0.2) is 0 Å². The van der Waals surface area contributed by atoms with Gasteiger partial charge in [-0.15, -0.1) is 0 Å². The van der Waals surface area contributed by atoms with Crippen molar-refractivity contribution in [2.75, 3.05) is 38.2 Å². The first-order valence-electron chi connectivity index (χ1n) is 8.80. The molecule has 3 rings (SSSR count). The molecule has 4 nitrogen and oxygen atoms in total. The molecule has 0 unspecified atom stereocenters. The van der Waals surface area contributed by atoms with E-state index in [1.807, 2.05) is 25.3 Å². The first-order valence-corrected chi connectivity index (χ1v) is 8.80. The van der Waals surface area contributed by atoms with Gasteiger partial charge in [-0.3, -0.25) is 9.88 Å². The smallest absolute Gasteiger partial charge is 0.128 e. The number of pyridine rings is 1. The largest absolute Gasteiger partial charge is 0.496 e. The lowest BCUT2D eigenvalue weighted by Gasteiger charge is -2.24. The Balaban J connectivity index is 1.67. The summed E-state index contributed by atoms with van der Waals surface area (Å²) in [7, 11) is 1.71. The first-order chi connectivity index (χ1) is 12.1. The van der Waals surface area contributed by atoms with E-state index < -0.39 is 0 Å². The molecule has 25 heavy (non-hydrogen) atoms. The predicted molar refractivity (Wildman–Crippen MR) is 98.8 cm³/mol. The Morgan fingerprint density at radius 3 is 2.56 bits per heavy atom. The van der Waals surface area contributed by atoms with Crippen LogP contribution in [0, 0.1) is 19.7 Å². The van der Waals surface area contributed by atoms with Gasteiger partial charge in [0.2, 0.25) is 0 Å². The summed E-state index contributed by atoms with van der Waals surface area (Å²) in [5.41, 5.74) is 4.37. The molecule has 0 atom stereocenters. The molecule has 1 saturated heterocycles. The molecule has 0 bridgehead atoms. The third-order valence-corrected chi connectivity index (χ3v) is 4.90. The summed E-state index contributed by atoms with van der Waals surface area (Å²) in [5, 5.41) is 0. The molecule has 1 aliphatic heterocycles. The van der Waals surface area contributed by atoms with Crippen molar-refractivity contribution in [1.29, 1.82) is 0 Å². The minimum absolute atomic E-state index is 0.185. The standard InChI is InChI=1S/C20H26FN3O/c1-15-13-22-19(16(2)20(15)25-3)14-23-9-4-10-24(12-11-23)18-7-5-17(21)6-8-18/h5-8,13H,4,9-12,14H2,1-3H3. The average Bonchev–Trinajstić information content (AvgIpc) is 2.84. The van der Waals surface area contributed by atoms with Crippen LogP contribution in [0.1, 0.15) is 23.2 Å². The van der Waals surface area contributed by atoms with Crippen molar-refractivity contribution in [3.05, 3.63) is 53.1 Å². The van der Waals surface area contributed by atoms with Gasteiger partial charge in [-0.1, -0.05) is 0 Å². The molecule has 2 aromatic rings. The zero-order valence-corrected chi connectivity index (χ0v) is 15.3. The monoisotopic (exact) mass is 343 g/mol. The van der Waals surface area contributed by atoms with Crippen LogP contribution in [0.25, 0.3) is 0 Å². The van der Waals surface area contributed by atoms with Crippen molar-refractivity contribution >= 4 is 5.69 Å². The third-order valence-electron chi connectivity index (χ3n) is 4.90. The number of benzene rings is 1. The fraction of sp³-hybridized carbons (Fsp3) is 0.450. The molecule has 0 amide bonds. The van der Waals surface area contributed by atoms with E-state index in [-0.39, 0.29) is 5.82 Å². The van der Waals surface area contributed by atoms with Gasteiger partial charge in [-0.25, -0.2) is 4.39 Å². The Bertz CT molecular complexity index is 718. The zero-order chi connectivity index (χ0) is 17.8. The number of ether oxygens (including phenoxy) is 1. The Kier molecular flexibility index (Phi) is 5.53. The van der Waals surface area contributed by atoms with Crippen molar-refractivity contribution in [3.8, 4) is 5.75 Å². The second-order valence-electron chi connectivity index (χ2n) is 6.64. The fourth-order valence-electron chi connectivity index (χ4n) is 3.48. The molecule has 0 saturated carbocycles. The number of aromatic nitrogens is 1. The number of anilines is 1. The zero-order valence-electron chi connectivity index (χ0n) is 15.3. The first kappa shape index (κ1) is 17.7. The number of hydrogen-bond acceptors (Lipinski definition) is 4. The van der Waals surface area contributed by atoms with Crippen LogP contribution >= 0.6 is 0 Å². The van der Waals surface area contributed by atoms with E-state index in [9.17, 15) is 4.39 Å². The number of aryl methyl sites for hydroxylation is 1. The molecule has 0 spiro atoms. The van der Waals surface area contributed by atoms with Gasteiger partial charge in [-0.05, 0) is 44.5 Å². The fourth-order valence-corrected chi connectivity index (χ4v) is 3.48. The second kappa shape index (κ2) is 7.83. The molecule has 1 aromatic heterocycles. The highest BCUT2D eigenvalue weighted by Crippen LogP contribution is 2.25. The van der Waals surface area contributed by atoms with E-state index in [1.165, 1.54) is 12.1 Å². The van der Waals surface area contributed by atoms with Crippen molar-refractivity contribution in [3.63, 3.8) is 0 Å². The Labute approximate surface area is 149 Å². The van der Waals surface area contributed by atoms with Crippen LogP contribution in [-0.4, -0.2) is 43.2 Å². The summed E-state index contributed by atoms with van der Waals surface area (Å²) in [6.07, 6.45) is 2.98. The van der Waals surface area contributed by atoms with Crippen molar-refractivity contribution < 1.29 is 9.13 Å². The van der Waals surface area contributed by atoms with E-state index in [1.54, 1.807) is 7.11 Å². The van der Waals surface area contributed by atoms with Crippen LogP contribution < -0.4 is 9.64 Å². The third kappa shape index (κ3) is 4.10. The van der Waals surface area contributed by atoms with Gasteiger partial charge >= 0.3 is 0 Å². The summed E-state index contributed by atoms with van der Waals surface area (Å²) >= 11 is 0. The summed E-state index contributed by atoms with van der Waals surface area (Å²) in [4.78, 5) is 9.39. The quantitative estimate of drug-likeness (QED) is 0.849. The van der Waals surface area contributed by atoms with Gasteiger partial charge in [0.05, 0.1) is 12.8 Å². The van der Waals surface area contributed by atoms with Crippen LogP contribution in [0.2, 0.25) is 0 Å². The number of nitrogens with zero attached hydrogens (tertiary/aromatic N) is 3. The molecule has 0 radical (unpaired) electrons. The number of methoxy groups -OCH3 is 1. The molecule has 1 fully saturated rings. The second-order valence-corrected chi connectivity index (χ2v) is 6.64. The van der Waals surface area contributed by atoms with E-state index >= 15 is 0 Å². The number of hydrogen-bond donors (Lipinski definition) is 0. The van der Waals surface area contributed by atoms with Crippen LogP contribution in [0.3, 0.4) is 0 Å². The number of rotatable bonds is 4.